The predicted octanol–water partition coefficient (Wildman–Crippen LogP) is 4.95. The third-order valence-corrected chi connectivity index (χ3v) is 4.87. The van der Waals surface area contributed by atoms with Crippen molar-refractivity contribution in [3.05, 3.63) is 87.6 Å². The number of ether oxygens (including phenoxy) is 3. The number of carbonyl (C=O) groups excluding carboxylic acids is 1. The van der Waals surface area contributed by atoms with Crippen LogP contribution in [0.5, 0.6) is 17.2 Å². The second kappa shape index (κ2) is 10.6. The van der Waals surface area contributed by atoms with Crippen LogP contribution in [-0.4, -0.2) is 26.3 Å². The van der Waals surface area contributed by atoms with Crippen molar-refractivity contribution in [3.63, 3.8) is 0 Å². The summed E-state index contributed by atoms with van der Waals surface area (Å²) in [6.07, 6.45) is 1.50. The monoisotopic (exact) mass is 486 g/mol. The lowest BCUT2D eigenvalue weighted by molar-refractivity contribution is 0.0955. The van der Waals surface area contributed by atoms with E-state index in [0.717, 1.165) is 5.56 Å². The molecule has 0 heterocycles. The van der Waals surface area contributed by atoms with Gasteiger partial charge in [0.15, 0.2) is 11.5 Å². The Hall–Kier alpha value is -3.39. The maximum absolute atomic E-state index is 13.0. The fourth-order valence-corrected chi connectivity index (χ4v) is 3.24. The molecular weight excluding hydrogens is 467 g/mol. The van der Waals surface area contributed by atoms with E-state index < -0.39 is 0 Å². The van der Waals surface area contributed by atoms with E-state index in [1.807, 2.05) is 0 Å². The number of hydrazone groups is 1. The van der Waals surface area contributed by atoms with Crippen molar-refractivity contribution in [3.8, 4) is 17.2 Å². The number of methoxy groups -OCH3 is 2. The van der Waals surface area contributed by atoms with Crippen molar-refractivity contribution >= 4 is 28.1 Å². The topological polar surface area (TPSA) is 69.2 Å². The van der Waals surface area contributed by atoms with Crippen LogP contribution in [0.3, 0.4) is 0 Å². The summed E-state index contributed by atoms with van der Waals surface area (Å²) in [4.78, 5) is 12.2. The van der Waals surface area contributed by atoms with Crippen LogP contribution in [0.1, 0.15) is 21.5 Å². The number of nitrogens with zero attached hydrogens (tertiary/aromatic N) is 1. The molecule has 0 saturated heterocycles. The van der Waals surface area contributed by atoms with Gasteiger partial charge in [0.1, 0.15) is 18.2 Å². The van der Waals surface area contributed by atoms with E-state index in [0.29, 0.717) is 32.8 Å². The Morgan fingerprint density at radius 1 is 1.06 bits per heavy atom. The fraction of sp³-hybridized carbons (Fsp3) is 0.130. The van der Waals surface area contributed by atoms with Crippen molar-refractivity contribution < 1.29 is 23.4 Å². The second-order valence-electron chi connectivity index (χ2n) is 6.38. The number of carbonyl (C=O) groups is 1. The Morgan fingerprint density at radius 3 is 2.42 bits per heavy atom. The van der Waals surface area contributed by atoms with Crippen molar-refractivity contribution in [1.82, 2.24) is 5.43 Å². The van der Waals surface area contributed by atoms with E-state index in [9.17, 15) is 9.18 Å². The normalized spacial score (nSPS) is 10.7. The number of nitrogens with one attached hydrogen (secondary N) is 1. The lowest BCUT2D eigenvalue weighted by atomic mass is 10.2. The predicted molar refractivity (Wildman–Crippen MR) is 119 cm³/mol. The third kappa shape index (κ3) is 6.05. The summed E-state index contributed by atoms with van der Waals surface area (Å²) in [5.41, 5.74) is 4.45. The first-order chi connectivity index (χ1) is 15.0. The standard InChI is InChI=1S/C23H20BrFN2O4/c1-29-19-9-5-17(6-10-19)23(28)27-26-13-16-11-20(24)22(21(12-16)30-2)31-14-15-3-7-18(25)8-4-15/h3-13H,14H2,1-2H3,(H,27,28). The molecule has 3 aromatic carbocycles. The molecule has 0 unspecified atom stereocenters. The van der Waals surface area contributed by atoms with E-state index in [1.165, 1.54) is 25.5 Å². The van der Waals surface area contributed by atoms with E-state index in [4.69, 9.17) is 14.2 Å². The molecule has 31 heavy (non-hydrogen) atoms. The van der Waals surface area contributed by atoms with Crippen molar-refractivity contribution in [1.29, 1.82) is 0 Å². The number of halogens is 2. The number of hydrogen-bond acceptors (Lipinski definition) is 5. The quantitative estimate of drug-likeness (QED) is 0.361. The molecule has 0 aliphatic carbocycles. The van der Waals surface area contributed by atoms with Crippen LogP contribution in [0.4, 0.5) is 4.39 Å². The smallest absolute Gasteiger partial charge is 0.271 e. The Morgan fingerprint density at radius 2 is 1.77 bits per heavy atom. The van der Waals surface area contributed by atoms with Gasteiger partial charge in [-0.3, -0.25) is 4.79 Å². The highest BCUT2D eigenvalue weighted by atomic mass is 79.9. The van der Waals surface area contributed by atoms with Gasteiger partial charge in [0.2, 0.25) is 0 Å². The minimum atomic E-state index is -0.343. The van der Waals surface area contributed by atoms with E-state index in [-0.39, 0.29) is 18.3 Å². The molecule has 0 radical (unpaired) electrons. The second-order valence-corrected chi connectivity index (χ2v) is 7.23. The summed E-state index contributed by atoms with van der Waals surface area (Å²) in [5, 5.41) is 4.00. The molecule has 1 amide bonds. The average Bonchev–Trinajstić information content (AvgIpc) is 2.79. The first-order valence-corrected chi connectivity index (χ1v) is 10.0. The summed E-state index contributed by atoms with van der Waals surface area (Å²) in [7, 11) is 3.09. The lowest BCUT2D eigenvalue weighted by Crippen LogP contribution is -2.17. The van der Waals surface area contributed by atoms with Crippen LogP contribution in [0.2, 0.25) is 0 Å². The molecule has 6 nitrogen and oxygen atoms in total. The zero-order chi connectivity index (χ0) is 22.2. The highest BCUT2D eigenvalue weighted by Crippen LogP contribution is 2.36. The Kier molecular flexibility index (Phi) is 7.61. The Bertz CT molecular complexity index is 1070. The van der Waals surface area contributed by atoms with Crippen molar-refractivity contribution in [2.75, 3.05) is 14.2 Å². The zero-order valence-corrected chi connectivity index (χ0v) is 18.5. The van der Waals surface area contributed by atoms with Gasteiger partial charge in [0.25, 0.3) is 5.91 Å². The molecule has 0 atom stereocenters. The Balaban J connectivity index is 1.66. The molecule has 0 saturated carbocycles. The molecule has 0 aliphatic rings. The third-order valence-electron chi connectivity index (χ3n) is 4.28. The lowest BCUT2D eigenvalue weighted by Gasteiger charge is -2.13. The summed E-state index contributed by atoms with van der Waals surface area (Å²) in [6.45, 7) is 0.251. The van der Waals surface area contributed by atoms with Crippen LogP contribution in [-0.2, 0) is 6.61 Å². The summed E-state index contributed by atoms with van der Waals surface area (Å²) in [5.74, 6) is 1.01. The first-order valence-electron chi connectivity index (χ1n) is 9.22. The molecule has 160 valence electrons. The minimum Gasteiger partial charge on any atom is -0.497 e. The minimum absolute atomic E-state index is 0.251. The van der Waals surface area contributed by atoms with Crippen LogP contribution >= 0.6 is 15.9 Å². The van der Waals surface area contributed by atoms with Gasteiger partial charge in [-0.1, -0.05) is 12.1 Å². The molecular formula is C23H20BrFN2O4. The van der Waals surface area contributed by atoms with E-state index in [1.54, 1.807) is 55.6 Å². The van der Waals surface area contributed by atoms with Crippen molar-refractivity contribution in [2.45, 2.75) is 6.61 Å². The fourth-order valence-electron chi connectivity index (χ4n) is 2.66. The van der Waals surface area contributed by atoms with Crippen LogP contribution in [0, 0.1) is 5.82 Å². The molecule has 8 heteroatoms. The SMILES string of the molecule is COc1ccc(C(=O)NN=Cc2cc(Br)c(OCc3ccc(F)cc3)c(OC)c2)cc1. The van der Waals surface area contributed by atoms with Gasteiger partial charge >= 0.3 is 0 Å². The number of hydrogen-bond donors (Lipinski definition) is 1. The highest BCUT2D eigenvalue weighted by Gasteiger charge is 2.12. The van der Waals surface area contributed by atoms with Gasteiger partial charge in [-0.2, -0.15) is 5.10 Å². The summed E-state index contributed by atoms with van der Waals surface area (Å²) >= 11 is 3.47. The number of amides is 1. The molecule has 0 spiro atoms. The maximum Gasteiger partial charge on any atom is 0.271 e. The van der Waals surface area contributed by atoms with Gasteiger partial charge in [0, 0.05) is 5.56 Å². The molecule has 0 aliphatic heterocycles. The number of benzene rings is 3. The molecule has 3 rings (SSSR count). The van der Waals surface area contributed by atoms with Crippen LogP contribution in [0.25, 0.3) is 0 Å². The van der Waals surface area contributed by atoms with Gasteiger partial charge in [0.05, 0.1) is 24.9 Å². The van der Waals surface area contributed by atoms with Gasteiger partial charge < -0.3 is 14.2 Å². The molecule has 0 fully saturated rings. The van der Waals surface area contributed by atoms with Crippen molar-refractivity contribution in [2.24, 2.45) is 5.10 Å². The average molecular weight is 487 g/mol. The maximum atomic E-state index is 13.0. The molecule has 1 N–H and O–H groups in total. The van der Waals surface area contributed by atoms with E-state index in [2.05, 4.69) is 26.5 Å². The summed E-state index contributed by atoms with van der Waals surface area (Å²) in [6, 6.07) is 16.3. The number of rotatable bonds is 8. The zero-order valence-electron chi connectivity index (χ0n) is 16.9. The van der Waals surface area contributed by atoms with Crippen LogP contribution < -0.4 is 19.6 Å². The van der Waals surface area contributed by atoms with Gasteiger partial charge in [-0.15, -0.1) is 0 Å². The summed E-state index contributed by atoms with van der Waals surface area (Å²) < 4.78 is 30.0. The van der Waals surface area contributed by atoms with Gasteiger partial charge in [-0.05, 0) is 75.6 Å². The molecule has 0 aromatic heterocycles. The molecule has 0 bridgehead atoms. The first kappa shape index (κ1) is 22.3. The largest absolute Gasteiger partial charge is 0.497 e. The molecule has 3 aromatic rings. The van der Waals surface area contributed by atoms with Crippen LogP contribution in [0.15, 0.2) is 70.2 Å². The van der Waals surface area contributed by atoms with E-state index >= 15 is 0 Å². The highest BCUT2D eigenvalue weighted by molar-refractivity contribution is 9.10. The Labute approximate surface area is 187 Å². The van der Waals surface area contributed by atoms with Gasteiger partial charge in [-0.25, -0.2) is 9.82 Å².